The van der Waals surface area contributed by atoms with Gasteiger partial charge >= 0.3 is 0 Å². The Kier molecular flexibility index (Phi) is 6.12. The zero-order chi connectivity index (χ0) is 24.6. The molecular weight excluding hydrogens is 482 g/mol. The lowest BCUT2D eigenvalue weighted by Gasteiger charge is -2.19. The van der Waals surface area contributed by atoms with Gasteiger partial charge in [0.1, 0.15) is 5.69 Å². The molecule has 0 aliphatic carbocycles. The van der Waals surface area contributed by atoms with E-state index in [1.54, 1.807) is 0 Å². The standard InChI is InChI=1S/C19H15F4N7O3S/c1-28-18(25-26-27-28)34-15-3-2-10(30(32)33)6-12(15)17(31)24-16-13(20)7-11(8-14(16)21)29-5-4-19(22,23)9-29/h2-3,6-8H,4-5,9H2,1H3,(H,24,31). The van der Waals surface area contributed by atoms with Crippen molar-refractivity contribution in [2.75, 3.05) is 23.3 Å². The molecule has 1 aliphatic rings. The highest BCUT2D eigenvalue weighted by Gasteiger charge is 2.38. The number of aryl methyl sites for hydroxylation is 1. The first-order chi connectivity index (χ1) is 16.0. The Hall–Kier alpha value is -3.75. The average Bonchev–Trinajstić information content (AvgIpc) is 3.35. The molecule has 0 atom stereocenters. The number of nitrogens with zero attached hydrogens (tertiary/aromatic N) is 6. The molecule has 4 rings (SSSR count). The van der Waals surface area contributed by atoms with E-state index in [2.05, 4.69) is 20.8 Å². The van der Waals surface area contributed by atoms with Gasteiger partial charge in [-0.1, -0.05) is 0 Å². The summed E-state index contributed by atoms with van der Waals surface area (Å²) in [6.45, 7) is -0.758. The summed E-state index contributed by atoms with van der Waals surface area (Å²) >= 11 is 0.912. The molecule has 0 radical (unpaired) electrons. The SMILES string of the molecule is Cn1nnnc1Sc1ccc([N+](=O)[O-])cc1C(=O)Nc1c(F)cc(N2CCC(F)(F)C2)cc1F. The van der Waals surface area contributed by atoms with Crippen LogP contribution in [0.3, 0.4) is 0 Å². The largest absolute Gasteiger partial charge is 0.365 e. The van der Waals surface area contributed by atoms with Crippen molar-refractivity contribution in [2.24, 2.45) is 7.05 Å². The number of anilines is 2. The van der Waals surface area contributed by atoms with Gasteiger partial charge in [-0.2, -0.15) is 0 Å². The minimum Gasteiger partial charge on any atom is -0.365 e. The van der Waals surface area contributed by atoms with Crippen LogP contribution in [-0.4, -0.2) is 50.0 Å². The van der Waals surface area contributed by atoms with Crippen LogP contribution in [0.1, 0.15) is 16.8 Å². The maximum absolute atomic E-state index is 14.7. The van der Waals surface area contributed by atoms with E-state index in [4.69, 9.17) is 0 Å². The van der Waals surface area contributed by atoms with Crippen molar-refractivity contribution in [1.82, 2.24) is 20.2 Å². The molecule has 15 heteroatoms. The number of hydrogen-bond acceptors (Lipinski definition) is 8. The molecule has 1 saturated heterocycles. The molecule has 1 aromatic heterocycles. The van der Waals surface area contributed by atoms with E-state index in [9.17, 15) is 32.5 Å². The van der Waals surface area contributed by atoms with Crippen LogP contribution in [0.25, 0.3) is 0 Å². The quantitative estimate of drug-likeness (QED) is 0.312. The number of benzene rings is 2. The van der Waals surface area contributed by atoms with Crippen LogP contribution in [0, 0.1) is 21.7 Å². The number of carbonyl (C=O) groups excluding carboxylic acids is 1. The summed E-state index contributed by atoms with van der Waals surface area (Å²) in [5, 5.41) is 24.4. The molecule has 0 bridgehead atoms. The third-order valence-electron chi connectivity index (χ3n) is 5.00. The summed E-state index contributed by atoms with van der Waals surface area (Å²) in [4.78, 5) is 24.7. The van der Waals surface area contributed by atoms with E-state index in [0.717, 1.165) is 40.9 Å². The molecule has 1 fully saturated rings. The van der Waals surface area contributed by atoms with Crippen molar-refractivity contribution in [3.63, 3.8) is 0 Å². The molecule has 0 spiro atoms. The third kappa shape index (κ3) is 4.78. The molecular formula is C19H15F4N7O3S. The summed E-state index contributed by atoms with van der Waals surface area (Å²) in [6.07, 6.45) is -0.441. The highest BCUT2D eigenvalue weighted by molar-refractivity contribution is 7.99. The first-order valence-corrected chi connectivity index (χ1v) is 10.5. The predicted molar refractivity (Wildman–Crippen MR) is 112 cm³/mol. The monoisotopic (exact) mass is 497 g/mol. The number of tetrazole rings is 1. The zero-order valence-electron chi connectivity index (χ0n) is 17.3. The number of rotatable bonds is 6. The van der Waals surface area contributed by atoms with Crippen molar-refractivity contribution in [1.29, 1.82) is 0 Å². The molecule has 1 amide bonds. The van der Waals surface area contributed by atoms with E-state index < -0.39 is 52.7 Å². The van der Waals surface area contributed by atoms with E-state index in [-0.39, 0.29) is 27.8 Å². The maximum atomic E-state index is 14.7. The number of aromatic nitrogens is 4. The Morgan fingerprint density at radius 3 is 2.50 bits per heavy atom. The predicted octanol–water partition coefficient (Wildman–Crippen LogP) is 3.65. The molecule has 0 unspecified atom stereocenters. The Morgan fingerprint density at radius 1 is 1.24 bits per heavy atom. The lowest BCUT2D eigenvalue weighted by atomic mass is 10.1. The molecule has 178 valence electrons. The number of hydrogen-bond donors (Lipinski definition) is 1. The van der Waals surface area contributed by atoms with Gasteiger partial charge in [-0.05, 0) is 40.4 Å². The van der Waals surface area contributed by atoms with Crippen LogP contribution in [0.2, 0.25) is 0 Å². The summed E-state index contributed by atoms with van der Waals surface area (Å²) in [5.74, 6) is -6.36. The first-order valence-electron chi connectivity index (χ1n) is 9.66. The second-order valence-corrected chi connectivity index (χ2v) is 8.40. The molecule has 3 aromatic rings. The topological polar surface area (TPSA) is 119 Å². The van der Waals surface area contributed by atoms with Gasteiger partial charge < -0.3 is 10.2 Å². The van der Waals surface area contributed by atoms with Gasteiger partial charge in [-0.25, -0.2) is 22.2 Å². The summed E-state index contributed by atoms with van der Waals surface area (Å²) < 4.78 is 57.6. The smallest absolute Gasteiger partial charge is 0.270 e. The second kappa shape index (κ2) is 8.89. The fourth-order valence-corrected chi connectivity index (χ4v) is 4.14. The minimum atomic E-state index is -2.96. The Bertz CT molecular complexity index is 1260. The molecule has 34 heavy (non-hydrogen) atoms. The first kappa shape index (κ1) is 23.4. The van der Waals surface area contributed by atoms with Crippen LogP contribution in [0.15, 0.2) is 40.4 Å². The molecule has 1 N–H and O–H groups in total. The van der Waals surface area contributed by atoms with Gasteiger partial charge in [0.2, 0.25) is 5.16 Å². The van der Waals surface area contributed by atoms with Crippen molar-refractivity contribution in [3.05, 3.63) is 57.6 Å². The van der Waals surface area contributed by atoms with Gasteiger partial charge in [0.05, 0.1) is 17.0 Å². The zero-order valence-corrected chi connectivity index (χ0v) is 18.2. The fourth-order valence-electron chi connectivity index (χ4n) is 3.30. The van der Waals surface area contributed by atoms with E-state index in [0.29, 0.717) is 0 Å². The highest BCUT2D eigenvalue weighted by Crippen LogP contribution is 2.35. The van der Waals surface area contributed by atoms with Crippen molar-refractivity contribution in [3.8, 4) is 0 Å². The number of alkyl halides is 2. The van der Waals surface area contributed by atoms with E-state index >= 15 is 0 Å². The van der Waals surface area contributed by atoms with Gasteiger partial charge in [0, 0.05) is 42.7 Å². The lowest BCUT2D eigenvalue weighted by molar-refractivity contribution is -0.384. The number of carbonyl (C=O) groups is 1. The Morgan fingerprint density at radius 2 is 1.94 bits per heavy atom. The number of nitro benzene ring substituents is 1. The van der Waals surface area contributed by atoms with Gasteiger partial charge in [-0.15, -0.1) is 5.10 Å². The molecule has 10 nitrogen and oxygen atoms in total. The van der Waals surface area contributed by atoms with E-state index in [1.165, 1.54) is 17.8 Å². The average molecular weight is 497 g/mol. The van der Waals surface area contributed by atoms with Crippen LogP contribution in [0.5, 0.6) is 0 Å². The molecule has 2 aromatic carbocycles. The van der Waals surface area contributed by atoms with Crippen molar-refractivity contribution in [2.45, 2.75) is 22.4 Å². The van der Waals surface area contributed by atoms with Crippen molar-refractivity contribution >= 4 is 34.7 Å². The van der Waals surface area contributed by atoms with Crippen molar-refractivity contribution < 1.29 is 27.3 Å². The minimum absolute atomic E-state index is 0.0806. The third-order valence-corrected chi connectivity index (χ3v) is 6.11. The van der Waals surface area contributed by atoms with Gasteiger partial charge in [-0.3, -0.25) is 14.9 Å². The number of nitrogens with one attached hydrogen (secondary N) is 1. The summed E-state index contributed by atoms with van der Waals surface area (Å²) in [7, 11) is 1.54. The highest BCUT2D eigenvalue weighted by atomic mass is 32.2. The Labute approximate surface area is 193 Å². The number of halogens is 4. The van der Waals surface area contributed by atoms with Crippen LogP contribution in [-0.2, 0) is 7.05 Å². The van der Waals surface area contributed by atoms with Crippen LogP contribution < -0.4 is 10.2 Å². The second-order valence-electron chi connectivity index (χ2n) is 7.39. The summed E-state index contributed by atoms with van der Waals surface area (Å²) in [5.41, 5.74) is -1.57. The molecule has 0 saturated carbocycles. The fraction of sp³-hybridized carbons (Fsp3) is 0.263. The van der Waals surface area contributed by atoms with Gasteiger partial charge in [0.25, 0.3) is 17.5 Å². The van der Waals surface area contributed by atoms with Crippen LogP contribution >= 0.6 is 11.8 Å². The van der Waals surface area contributed by atoms with Crippen LogP contribution in [0.4, 0.5) is 34.6 Å². The normalized spacial score (nSPS) is 14.9. The lowest BCUT2D eigenvalue weighted by Crippen LogP contribution is -2.25. The molecule has 1 aliphatic heterocycles. The van der Waals surface area contributed by atoms with E-state index in [1.807, 2.05) is 0 Å². The number of nitro groups is 1. The molecule has 2 heterocycles. The maximum Gasteiger partial charge on any atom is 0.270 e. The Balaban J connectivity index is 1.63. The number of amides is 1. The number of non-ortho nitro benzene ring substituents is 1. The van der Waals surface area contributed by atoms with Gasteiger partial charge in [0.15, 0.2) is 11.6 Å². The summed E-state index contributed by atoms with van der Waals surface area (Å²) in [6, 6.07) is 5.08.